The van der Waals surface area contributed by atoms with Crippen LogP contribution in [0.3, 0.4) is 0 Å². The first kappa shape index (κ1) is 23.3. The third kappa shape index (κ3) is 4.94. The lowest BCUT2D eigenvalue weighted by molar-refractivity contribution is -0.339. The average molecular weight is 418 g/mol. The molecule has 0 aromatic carbocycles. The maximum Gasteiger partial charge on any atom is 0.337 e. The van der Waals surface area contributed by atoms with Crippen molar-refractivity contribution in [2.45, 2.75) is 43.4 Å². The summed E-state index contributed by atoms with van der Waals surface area (Å²) in [6.07, 6.45) is -6.36. The largest absolute Gasteiger partial charge is 0.471 e. The molecule has 11 heteroatoms. The number of carbonyl (C=O) groups excluding carboxylic acids is 2. The number of aliphatic hydroxyl groups is 4. The smallest absolute Gasteiger partial charge is 0.337 e. The SMILES string of the molecule is C=C[C@H]1[C@H](O[C@@H]2O[C@H](CO)[C@@H](O)[C@H](O)[C@H]2O)OC=C(C(=O)OC)[C@@H]1CC(=O)OC. The van der Waals surface area contributed by atoms with Gasteiger partial charge in [0.05, 0.1) is 39.1 Å². The van der Waals surface area contributed by atoms with Crippen LogP contribution in [0.1, 0.15) is 6.42 Å². The Balaban J connectivity index is 2.25. The first-order chi connectivity index (χ1) is 13.8. The molecule has 11 nitrogen and oxygen atoms in total. The Labute approximate surface area is 167 Å². The fourth-order valence-corrected chi connectivity index (χ4v) is 3.25. The van der Waals surface area contributed by atoms with E-state index < -0.39 is 67.4 Å². The molecule has 8 atom stereocenters. The van der Waals surface area contributed by atoms with Gasteiger partial charge < -0.3 is 44.1 Å². The molecule has 0 unspecified atom stereocenters. The van der Waals surface area contributed by atoms with Gasteiger partial charge in [0.15, 0.2) is 6.29 Å². The van der Waals surface area contributed by atoms with Gasteiger partial charge in [0.25, 0.3) is 0 Å². The van der Waals surface area contributed by atoms with Crippen molar-refractivity contribution in [1.29, 1.82) is 0 Å². The molecule has 29 heavy (non-hydrogen) atoms. The van der Waals surface area contributed by atoms with E-state index in [4.69, 9.17) is 18.9 Å². The zero-order valence-electron chi connectivity index (χ0n) is 16.0. The normalized spacial score (nSPS) is 37.1. The number of ether oxygens (including phenoxy) is 5. The summed E-state index contributed by atoms with van der Waals surface area (Å²) in [5, 5.41) is 39.2. The fourth-order valence-electron chi connectivity index (χ4n) is 3.25. The number of aliphatic hydroxyl groups excluding tert-OH is 4. The van der Waals surface area contributed by atoms with Crippen molar-refractivity contribution in [2.24, 2.45) is 11.8 Å². The van der Waals surface area contributed by atoms with Gasteiger partial charge >= 0.3 is 11.9 Å². The van der Waals surface area contributed by atoms with E-state index in [0.29, 0.717) is 0 Å². The molecule has 164 valence electrons. The Morgan fingerprint density at radius 2 is 1.83 bits per heavy atom. The van der Waals surface area contributed by atoms with Gasteiger partial charge in [0.2, 0.25) is 6.29 Å². The standard InChI is InChI=1S/C18H26O11/c1-4-8-9(5-12(20)25-2)10(16(24)26-3)7-27-17(8)29-18-15(23)14(22)13(21)11(6-19)28-18/h4,7-9,11,13-15,17-19,21-23H,1,5-6H2,2-3H3/t8-,9-,11-,13-,14+,15-,17+,18+/m1/s1. The molecular weight excluding hydrogens is 392 g/mol. The van der Waals surface area contributed by atoms with Crippen molar-refractivity contribution in [3.63, 3.8) is 0 Å². The fraction of sp³-hybridized carbons (Fsp3) is 0.667. The third-order valence-corrected chi connectivity index (χ3v) is 4.93. The Kier molecular flexibility index (Phi) is 8.14. The molecule has 0 saturated carbocycles. The van der Waals surface area contributed by atoms with Gasteiger partial charge in [-0.25, -0.2) is 4.79 Å². The number of hydrogen-bond donors (Lipinski definition) is 4. The summed E-state index contributed by atoms with van der Waals surface area (Å²) in [7, 11) is 2.38. The molecule has 0 bridgehead atoms. The number of esters is 2. The first-order valence-corrected chi connectivity index (χ1v) is 8.88. The van der Waals surface area contributed by atoms with Gasteiger partial charge in [0, 0.05) is 11.8 Å². The zero-order chi connectivity index (χ0) is 21.7. The molecule has 0 spiro atoms. The minimum atomic E-state index is -1.65. The lowest BCUT2D eigenvalue weighted by atomic mass is 9.81. The van der Waals surface area contributed by atoms with Crippen LogP contribution in [0.4, 0.5) is 0 Å². The van der Waals surface area contributed by atoms with E-state index in [2.05, 4.69) is 11.3 Å². The topological polar surface area (TPSA) is 161 Å². The molecule has 2 heterocycles. The molecule has 2 aliphatic rings. The Bertz CT molecular complexity index is 631. The number of hydrogen-bond acceptors (Lipinski definition) is 11. The van der Waals surface area contributed by atoms with Crippen LogP contribution < -0.4 is 0 Å². The van der Waals surface area contributed by atoms with E-state index in [0.717, 1.165) is 6.26 Å². The Morgan fingerprint density at radius 3 is 2.38 bits per heavy atom. The molecule has 2 aliphatic heterocycles. The monoisotopic (exact) mass is 418 g/mol. The zero-order valence-corrected chi connectivity index (χ0v) is 16.0. The summed E-state index contributed by atoms with van der Waals surface area (Å²) < 4.78 is 25.7. The van der Waals surface area contributed by atoms with E-state index in [1.165, 1.54) is 20.3 Å². The molecule has 1 fully saturated rings. The van der Waals surface area contributed by atoms with Gasteiger partial charge in [-0.1, -0.05) is 6.08 Å². The second-order valence-electron chi connectivity index (χ2n) is 6.60. The summed E-state index contributed by atoms with van der Waals surface area (Å²) in [6.45, 7) is 3.06. The second kappa shape index (κ2) is 10.1. The summed E-state index contributed by atoms with van der Waals surface area (Å²) in [5.74, 6) is -2.83. The highest BCUT2D eigenvalue weighted by Gasteiger charge is 2.47. The highest BCUT2D eigenvalue weighted by atomic mass is 16.8. The van der Waals surface area contributed by atoms with Crippen molar-refractivity contribution in [3.05, 3.63) is 24.5 Å². The predicted octanol–water partition coefficient (Wildman–Crippen LogP) is -1.80. The summed E-state index contributed by atoms with van der Waals surface area (Å²) in [5.41, 5.74) is 0.0662. The van der Waals surface area contributed by atoms with Crippen LogP contribution in [0, 0.1) is 11.8 Å². The van der Waals surface area contributed by atoms with Crippen molar-refractivity contribution >= 4 is 11.9 Å². The van der Waals surface area contributed by atoms with Crippen LogP contribution in [-0.4, -0.2) is 90.2 Å². The maximum absolute atomic E-state index is 12.1. The Hall–Kier alpha value is -2.02. The van der Waals surface area contributed by atoms with Gasteiger partial charge in [-0.3, -0.25) is 4.79 Å². The highest BCUT2D eigenvalue weighted by molar-refractivity contribution is 5.90. The highest BCUT2D eigenvalue weighted by Crippen LogP contribution is 2.37. The lowest BCUT2D eigenvalue weighted by Gasteiger charge is -2.42. The van der Waals surface area contributed by atoms with Gasteiger partial charge in [-0.2, -0.15) is 0 Å². The number of rotatable bonds is 7. The van der Waals surface area contributed by atoms with Crippen molar-refractivity contribution < 1.29 is 53.7 Å². The van der Waals surface area contributed by atoms with Gasteiger partial charge in [-0.15, -0.1) is 6.58 Å². The molecule has 4 N–H and O–H groups in total. The maximum atomic E-state index is 12.1. The van der Waals surface area contributed by atoms with Crippen LogP contribution >= 0.6 is 0 Å². The third-order valence-electron chi connectivity index (χ3n) is 4.93. The summed E-state index contributed by atoms with van der Waals surface area (Å²) >= 11 is 0. The van der Waals surface area contributed by atoms with Crippen LogP contribution in [0.15, 0.2) is 24.5 Å². The molecule has 1 saturated heterocycles. The minimum absolute atomic E-state index is 0.0662. The van der Waals surface area contributed by atoms with E-state index in [1.807, 2.05) is 0 Å². The van der Waals surface area contributed by atoms with Gasteiger partial charge in [0.1, 0.15) is 24.4 Å². The van der Waals surface area contributed by atoms with E-state index >= 15 is 0 Å². The summed E-state index contributed by atoms with van der Waals surface area (Å²) in [4.78, 5) is 23.9. The van der Waals surface area contributed by atoms with E-state index in [1.54, 1.807) is 0 Å². The Morgan fingerprint density at radius 1 is 1.14 bits per heavy atom. The molecule has 0 amide bonds. The molecule has 0 radical (unpaired) electrons. The lowest BCUT2D eigenvalue weighted by Crippen LogP contribution is -2.60. The summed E-state index contributed by atoms with van der Waals surface area (Å²) in [6, 6.07) is 0. The first-order valence-electron chi connectivity index (χ1n) is 8.88. The van der Waals surface area contributed by atoms with E-state index in [-0.39, 0.29) is 12.0 Å². The molecule has 0 aromatic heterocycles. The number of methoxy groups -OCH3 is 2. The quantitative estimate of drug-likeness (QED) is 0.273. The minimum Gasteiger partial charge on any atom is -0.471 e. The van der Waals surface area contributed by atoms with Crippen LogP contribution in [0.25, 0.3) is 0 Å². The van der Waals surface area contributed by atoms with Crippen molar-refractivity contribution in [1.82, 2.24) is 0 Å². The predicted molar refractivity (Wildman–Crippen MR) is 93.6 cm³/mol. The van der Waals surface area contributed by atoms with Crippen LogP contribution in [0.2, 0.25) is 0 Å². The number of carbonyl (C=O) groups is 2. The van der Waals surface area contributed by atoms with Crippen LogP contribution in [-0.2, 0) is 33.3 Å². The van der Waals surface area contributed by atoms with Crippen molar-refractivity contribution in [3.8, 4) is 0 Å². The average Bonchev–Trinajstić information content (AvgIpc) is 2.73. The second-order valence-corrected chi connectivity index (χ2v) is 6.60. The molecule has 0 aromatic rings. The van der Waals surface area contributed by atoms with E-state index in [9.17, 15) is 30.0 Å². The van der Waals surface area contributed by atoms with Crippen LogP contribution in [0.5, 0.6) is 0 Å². The molecule has 0 aliphatic carbocycles. The van der Waals surface area contributed by atoms with Crippen molar-refractivity contribution in [2.75, 3.05) is 20.8 Å². The molecule has 2 rings (SSSR count). The van der Waals surface area contributed by atoms with Gasteiger partial charge in [-0.05, 0) is 0 Å². The molecular formula is C18H26O11.